The average Bonchev–Trinajstić information content (AvgIpc) is 2.62. The van der Waals surface area contributed by atoms with Gasteiger partial charge in [0.15, 0.2) is 0 Å². The summed E-state index contributed by atoms with van der Waals surface area (Å²) in [5, 5.41) is 0. The van der Waals surface area contributed by atoms with Gasteiger partial charge in [0.05, 0.1) is 0 Å². The predicted octanol–water partition coefficient (Wildman–Crippen LogP) is 8.48. The third-order valence-corrected chi connectivity index (χ3v) is 7.40. The van der Waals surface area contributed by atoms with E-state index < -0.39 is 6.84 Å². The molecule has 0 amide bonds. The summed E-state index contributed by atoms with van der Waals surface area (Å²) in [7, 11) is 0. The lowest BCUT2D eigenvalue weighted by Crippen LogP contribution is -2.21. The highest BCUT2D eigenvalue weighted by molar-refractivity contribution is 9.25. The topological polar surface area (TPSA) is 18.5 Å². The lowest BCUT2D eigenvalue weighted by Gasteiger charge is -2.28. The third kappa shape index (κ3) is 6.48. The molecule has 148 valence electrons. The van der Waals surface area contributed by atoms with Crippen LogP contribution in [0.25, 0.3) is 0 Å². The van der Waals surface area contributed by atoms with E-state index in [1.165, 1.54) is 11.1 Å². The van der Waals surface area contributed by atoms with Crippen molar-refractivity contribution in [2.75, 3.05) is 0 Å². The Balaban J connectivity index is 2.17. The molecule has 0 fully saturated rings. The summed E-state index contributed by atoms with van der Waals surface area (Å²) in [6, 6.07) is 16.5. The van der Waals surface area contributed by atoms with Gasteiger partial charge in [-0.2, -0.15) is 0 Å². The van der Waals surface area contributed by atoms with E-state index >= 15 is 0 Å². The van der Waals surface area contributed by atoms with Gasteiger partial charge in [0.1, 0.15) is 11.5 Å². The average molecular weight is 628 g/mol. The Kier molecular flexibility index (Phi) is 7.91. The molecular weight excluding hydrogens is 604 g/mol. The van der Waals surface area contributed by atoms with Crippen molar-refractivity contribution in [1.82, 2.24) is 0 Å². The van der Waals surface area contributed by atoms with E-state index in [0.29, 0.717) is 0 Å². The molecule has 2 aromatic carbocycles. The minimum Gasteiger partial charge on any atom is -0.466 e. The van der Waals surface area contributed by atoms with Crippen molar-refractivity contribution < 1.29 is 9.47 Å². The summed E-state index contributed by atoms with van der Waals surface area (Å²) in [6.45, 7) is 8.53. The first kappa shape index (κ1) is 23.2. The molecule has 0 saturated heterocycles. The Labute approximate surface area is 195 Å². The lowest BCUT2D eigenvalue weighted by atomic mass is 9.78. The van der Waals surface area contributed by atoms with Crippen LogP contribution in [0.5, 0.6) is 11.5 Å². The molecule has 0 bridgehead atoms. The van der Waals surface area contributed by atoms with Crippen molar-refractivity contribution in [2.24, 2.45) is 0 Å². The van der Waals surface area contributed by atoms with Crippen LogP contribution in [-0.4, -0.2) is 6.84 Å². The van der Waals surface area contributed by atoms with Gasteiger partial charge >= 0.3 is 0 Å². The Hall–Kier alpha value is -0.0400. The molecule has 0 aromatic heterocycles. The molecule has 0 spiro atoms. The number of halogens is 4. The summed E-state index contributed by atoms with van der Waals surface area (Å²) in [5.41, 5.74) is 2.31. The summed E-state index contributed by atoms with van der Waals surface area (Å²) in [6.07, 6.45) is 1.60. The molecule has 2 nitrogen and oxygen atoms in total. The van der Waals surface area contributed by atoms with E-state index in [1.54, 1.807) is 0 Å². The van der Waals surface area contributed by atoms with Gasteiger partial charge in [0, 0.05) is 18.3 Å². The number of hydrogen-bond donors (Lipinski definition) is 0. The van der Waals surface area contributed by atoms with E-state index in [-0.39, 0.29) is 5.41 Å². The molecule has 0 aliphatic carbocycles. The zero-order valence-electron chi connectivity index (χ0n) is 15.9. The number of ether oxygens (including phenoxy) is 2. The molecule has 6 heteroatoms. The van der Waals surface area contributed by atoms with Crippen LogP contribution in [0, 0.1) is 0 Å². The molecule has 2 aromatic rings. The van der Waals surface area contributed by atoms with Gasteiger partial charge in [0.25, 0.3) is 0 Å². The SMILES string of the molecule is CCC(Br)(Br)Oc1ccc(C(C)(C)c2ccc(OC(Br)(Br)CC)cc2)cc1. The van der Waals surface area contributed by atoms with Gasteiger partial charge in [-0.05, 0) is 99.1 Å². The van der Waals surface area contributed by atoms with Gasteiger partial charge in [0.2, 0.25) is 6.84 Å². The van der Waals surface area contributed by atoms with Crippen molar-refractivity contribution >= 4 is 63.7 Å². The summed E-state index contributed by atoms with van der Waals surface area (Å²) < 4.78 is 10.8. The summed E-state index contributed by atoms with van der Waals surface area (Å²) in [5.74, 6) is 1.64. The van der Waals surface area contributed by atoms with Crippen LogP contribution in [0.4, 0.5) is 0 Å². The quantitative estimate of drug-likeness (QED) is 0.273. The lowest BCUT2D eigenvalue weighted by molar-refractivity contribution is 0.266. The van der Waals surface area contributed by atoms with Gasteiger partial charge in [-0.25, -0.2) is 0 Å². The van der Waals surface area contributed by atoms with Crippen molar-refractivity contribution in [3.05, 3.63) is 59.7 Å². The maximum atomic E-state index is 5.91. The fraction of sp³-hybridized carbons (Fsp3) is 0.429. The second kappa shape index (κ2) is 9.19. The van der Waals surface area contributed by atoms with Gasteiger partial charge in [-0.15, -0.1) is 0 Å². The van der Waals surface area contributed by atoms with Crippen LogP contribution in [0.15, 0.2) is 48.5 Å². The minimum atomic E-state index is -0.522. The Morgan fingerprint density at radius 3 is 1.19 bits per heavy atom. The Morgan fingerprint density at radius 1 is 0.630 bits per heavy atom. The van der Waals surface area contributed by atoms with Crippen LogP contribution in [-0.2, 0) is 5.41 Å². The molecule has 0 aliphatic heterocycles. The van der Waals surface area contributed by atoms with Gasteiger partial charge in [-0.1, -0.05) is 52.0 Å². The zero-order chi connectivity index (χ0) is 20.3. The van der Waals surface area contributed by atoms with E-state index in [1.807, 2.05) is 38.1 Å². The normalized spacial score (nSPS) is 12.7. The molecule has 0 saturated carbocycles. The smallest absolute Gasteiger partial charge is 0.217 e. The first-order valence-electron chi connectivity index (χ1n) is 8.84. The molecule has 2 rings (SSSR count). The van der Waals surface area contributed by atoms with Crippen molar-refractivity contribution in [3.63, 3.8) is 0 Å². The third-order valence-electron chi connectivity index (χ3n) is 4.51. The number of rotatable bonds is 8. The van der Waals surface area contributed by atoms with E-state index in [4.69, 9.17) is 9.47 Å². The Bertz CT molecular complexity index is 674. The molecule has 0 atom stereocenters. The summed E-state index contributed by atoms with van der Waals surface area (Å²) >= 11 is 14.1. The van der Waals surface area contributed by atoms with E-state index in [9.17, 15) is 0 Å². The van der Waals surface area contributed by atoms with Crippen LogP contribution in [0.3, 0.4) is 0 Å². The number of alkyl halides is 4. The van der Waals surface area contributed by atoms with Crippen LogP contribution < -0.4 is 9.47 Å². The van der Waals surface area contributed by atoms with Crippen molar-refractivity contribution in [3.8, 4) is 11.5 Å². The highest BCUT2D eigenvalue weighted by atomic mass is 79.9. The largest absolute Gasteiger partial charge is 0.466 e. The maximum absolute atomic E-state index is 5.91. The van der Waals surface area contributed by atoms with Gasteiger partial charge in [-0.3, -0.25) is 0 Å². The Morgan fingerprint density at radius 2 is 0.926 bits per heavy atom. The first-order chi connectivity index (χ1) is 12.5. The van der Waals surface area contributed by atoms with Crippen LogP contribution in [0.2, 0.25) is 0 Å². The first-order valence-corrected chi connectivity index (χ1v) is 12.0. The van der Waals surface area contributed by atoms with Gasteiger partial charge < -0.3 is 9.47 Å². The number of benzene rings is 2. The second-order valence-electron chi connectivity index (χ2n) is 6.86. The highest BCUT2D eigenvalue weighted by Crippen LogP contribution is 2.37. The zero-order valence-corrected chi connectivity index (χ0v) is 22.2. The fourth-order valence-electron chi connectivity index (χ4n) is 2.54. The standard InChI is InChI=1S/C21H24Br4O2/c1-5-20(22,23)26-17-11-7-15(8-12-17)19(3,4)16-9-13-18(14-10-16)27-21(24,25)6-2/h7-14H,5-6H2,1-4H3. The molecule has 0 aliphatic rings. The molecule has 0 radical (unpaired) electrons. The van der Waals surface area contributed by atoms with Crippen molar-refractivity contribution in [2.45, 2.75) is 52.8 Å². The maximum Gasteiger partial charge on any atom is 0.217 e. The highest BCUT2D eigenvalue weighted by Gasteiger charge is 2.26. The van der Waals surface area contributed by atoms with Crippen molar-refractivity contribution in [1.29, 1.82) is 0 Å². The molecule has 0 N–H and O–H groups in total. The van der Waals surface area contributed by atoms with Crippen LogP contribution >= 0.6 is 63.7 Å². The van der Waals surface area contributed by atoms with Crippen LogP contribution in [0.1, 0.15) is 51.7 Å². The number of hydrogen-bond acceptors (Lipinski definition) is 2. The molecule has 0 unspecified atom stereocenters. The summed E-state index contributed by atoms with van der Waals surface area (Å²) in [4.78, 5) is 0. The fourth-order valence-corrected chi connectivity index (χ4v) is 3.28. The molecule has 0 heterocycles. The second-order valence-corrected chi connectivity index (χ2v) is 14.1. The minimum absolute atomic E-state index is 0.133. The predicted molar refractivity (Wildman–Crippen MR) is 128 cm³/mol. The molecular formula is C21H24Br4O2. The van der Waals surface area contributed by atoms with E-state index in [0.717, 1.165) is 24.3 Å². The monoisotopic (exact) mass is 624 g/mol. The molecule has 27 heavy (non-hydrogen) atoms. The van der Waals surface area contributed by atoms with E-state index in [2.05, 4.69) is 102 Å².